The minimum absolute atomic E-state index is 0.913. The Labute approximate surface area is 116 Å². The van der Waals surface area contributed by atoms with Crippen molar-refractivity contribution in [1.29, 1.82) is 0 Å². The Hall–Kier alpha value is -1.29. The fourth-order valence-electron chi connectivity index (χ4n) is 1.83. The standard InChI is InChI=1S/C14H18BrN3/c1-4-7-16-14-17-11(3)9-18(14)12-5-6-13(15)10(2)8-12/h5-6,8-9H,4,7H2,1-3H3,(H,16,17). The average Bonchev–Trinajstić information content (AvgIpc) is 2.71. The molecular weight excluding hydrogens is 290 g/mol. The molecule has 0 bridgehead atoms. The second-order valence-corrected chi connectivity index (χ2v) is 5.29. The molecule has 0 aliphatic carbocycles. The molecule has 0 aliphatic heterocycles. The van der Waals surface area contributed by atoms with E-state index in [1.54, 1.807) is 0 Å². The molecule has 18 heavy (non-hydrogen) atoms. The van der Waals surface area contributed by atoms with Gasteiger partial charge in [-0.15, -0.1) is 0 Å². The second-order valence-electron chi connectivity index (χ2n) is 4.44. The molecule has 0 fully saturated rings. The normalized spacial score (nSPS) is 10.7. The minimum atomic E-state index is 0.913. The van der Waals surface area contributed by atoms with Gasteiger partial charge >= 0.3 is 0 Å². The summed E-state index contributed by atoms with van der Waals surface area (Å²) < 4.78 is 3.23. The van der Waals surface area contributed by atoms with Crippen LogP contribution in [-0.4, -0.2) is 16.1 Å². The molecule has 1 aromatic carbocycles. The highest BCUT2D eigenvalue weighted by atomic mass is 79.9. The van der Waals surface area contributed by atoms with Crippen LogP contribution in [0.25, 0.3) is 5.69 Å². The Morgan fingerprint density at radius 3 is 2.78 bits per heavy atom. The van der Waals surface area contributed by atoms with E-state index in [-0.39, 0.29) is 0 Å². The van der Waals surface area contributed by atoms with Crippen LogP contribution in [0.1, 0.15) is 24.6 Å². The number of anilines is 1. The molecule has 2 aromatic rings. The molecular formula is C14H18BrN3. The summed E-state index contributed by atoms with van der Waals surface area (Å²) in [5.41, 5.74) is 3.38. The molecule has 0 spiro atoms. The van der Waals surface area contributed by atoms with E-state index < -0.39 is 0 Å². The zero-order valence-corrected chi connectivity index (χ0v) is 12.6. The van der Waals surface area contributed by atoms with Crippen LogP contribution in [-0.2, 0) is 0 Å². The van der Waals surface area contributed by atoms with E-state index in [4.69, 9.17) is 0 Å². The molecule has 3 nitrogen and oxygen atoms in total. The van der Waals surface area contributed by atoms with Crippen molar-refractivity contribution < 1.29 is 0 Å². The van der Waals surface area contributed by atoms with Gasteiger partial charge < -0.3 is 5.32 Å². The van der Waals surface area contributed by atoms with Crippen LogP contribution >= 0.6 is 15.9 Å². The lowest BCUT2D eigenvalue weighted by atomic mass is 10.2. The van der Waals surface area contributed by atoms with Crippen molar-refractivity contribution in [2.75, 3.05) is 11.9 Å². The van der Waals surface area contributed by atoms with Crippen molar-refractivity contribution in [3.05, 3.63) is 40.1 Å². The average molecular weight is 308 g/mol. The van der Waals surface area contributed by atoms with E-state index in [2.05, 4.69) is 69.0 Å². The molecule has 0 aliphatic rings. The monoisotopic (exact) mass is 307 g/mol. The summed E-state index contributed by atoms with van der Waals surface area (Å²) in [7, 11) is 0. The first-order chi connectivity index (χ1) is 8.61. The van der Waals surface area contributed by atoms with Crippen LogP contribution in [0.15, 0.2) is 28.9 Å². The Balaban J connectivity index is 2.39. The summed E-state index contributed by atoms with van der Waals surface area (Å²) in [6.45, 7) is 7.19. The zero-order valence-electron chi connectivity index (χ0n) is 11.0. The molecule has 1 aromatic heterocycles. The van der Waals surface area contributed by atoms with Gasteiger partial charge in [0.25, 0.3) is 0 Å². The number of imidazole rings is 1. The lowest BCUT2D eigenvalue weighted by Gasteiger charge is -2.10. The van der Waals surface area contributed by atoms with Crippen molar-refractivity contribution in [3.8, 4) is 5.69 Å². The smallest absolute Gasteiger partial charge is 0.207 e. The number of aryl methyl sites for hydroxylation is 2. The first-order valence-corrected chi connectivity index (χ1v) is 6.97. The van der Waals surface area contributed by atoms with Gasteiger partial charge in [0.1, 0.15) is 0 Å². The Morgan fingerprint density at radius 1 is 1.33 bits per heavy atom. The zero-order chi connectivity index (χ0) is 13.1. The summed E-state index contributed by atoms with van der Waals surface area (Å²) in [5.74, 6) is 0.913. The maximum atomic E-state index is 4.52. The van der Waals surface area contributed by atoms with Crippen LogP contribution in [0.4, 0.5) is 5.95 Å². The van der Waals surface area contributed by atoms with Crippen molar-refractivity contribution in [2.24, 2.45) is 0 Å². The molecule has 2 rings (SSSR count). The third-order valence-electron chi connectivity index (χ3n) is 2.78. The van der Waals surface area contributed by atoms with E-state index in [9.17, 15) is 0 Å². The van der Waals surface area contributed by atoms with Gasteiger partial charge in [-0.3, -0.25) is 4.57 Å². The predicted octanol–water partition coefficient (Wildman–Crippen LogP) is 4.07. The molecule has 0 saturated carbocycles. The van der Waals surface area contributed by atoms with Gasteiger partial charge in [-0.25, -0.2) is 4.98 Å². The van der Waals surface area contributed by atoms with Crippen LogP contribution in [0.3, 0.4) is 0 Å². The SMILES string of the molecule is CCCNc1nc(C)cn1-c1ccc(Br)c(C)c1. The number of aromatic nitrogens is 2. The van der Waals surface area contributed by atoms with E-state index >= 15 is 0 Å². The molecule has 0 atom stereocenters. The Bertz CT molecular complexity index is 546. The van der Waals surface area contributed by atoms with E-state index in [1.165, 1.54) is 5.56 Å². The molecule has 1 N–H and O–H groups in total. The first-order valence-electron chi connectivity index (χ1n) is 6.18. The lowest BCUT2D eigenvalue weighted by molar-refractivity contribution is 0.936. The second kappa shape index (κ2) is 5.57. The number of rotatable bonds is 4. The number of nitrogens with zero attached hydrogens (tertiary/aromatic N) is 2. The summed E-state index contributed by atoms with van der Waals surface area (Å²) in [5, 5.41) is 3.36. The Morgan fingerprint density at radius 2 is 2.11 bits per heavy atom. The summed E-state index contributed by atoms with van der Waals surface area (Å²) in [6, 6.07) is 6.32. The highest BCUT2D eigenvalue weighted by Crippen LogP contribution is 2.22. The van der Waals surface area contributed by atoms with Gasteiger partial charge in [0.2, 0.25) is 5.95 Å². The van der Waals surface area contributed by atoms with Gasteiger partial charge in [-0.1, -0.05) is 22.9 Å². The van der Waals surface area contributed by atoms with Gasteiger partial charge in [0.15, 0.2) is 0 Å². The molecule has 96 valence electrons. The molecule has 4 heteroatoms. The van der Waals surface area contributed by atoms with Crippen LogP contribution in [0.5, 0.6) is 0 Å². The summed E-state index contributed by atoms with van der Waals surface area (Å²) >= 11 is 3.53. The number of hydrogen-bond donors (Lipinski definition) is 1. The third-order valence-corrected chi connectivity index (χ3v) is 3.67. The molecule has 0 radical (unpaired) electrons. The van der Waals surface area contributed by atoms with Crippen molar-refractivity contribution in [1.82, 2.24) is 9.55 Å². The van der Waals surface area contributed by atoms with E-state index in [0.29, 0.717) is 0 Å². The van der Waals surface area contributed by atoms with Gasteiger partial charge in [0.05, 0.1) is 5.69 Å². The van der Waals surface area contributed by atoms with Gasteiger partial charge in [-0.2, -0.15) is 0 Å². The van der Waals surface area contributed by atoms with Crippen molar-refractivity contribution >= 4 is 21.9 Å². The number of hydrogen-bond acceptors (Lipinski definition) is 2. The van der Waals surface area contributed by atoms with Crippen molar-refractivity contribution in [2.45, 2.75) is 27.2 Å². The highest BCUT2D eigenvalue weighted by molar-refractivity contribution is 9.10. The van der Waals surface area contributed by atoms with E-state index in [1.807, 2.05) is 6.92 Å². The molecule has 0 amide bonds. The molecule has 1 heterocycles. The predicted molar refractivity (Wildman–Crippen MR) is 79.5 cm³/mol. The largest absolute Gasteiger partial charge is 0.355 e. The lowest BCUT2D eigenvalue weighted by Crippen LogP contribution is -2.06. The number of halogens is 1. The molecule has 0 saturated heterocycles. The first kappa shape index (κ1) is 13.1. The van der Waals surface area contributed by atoms with E-state index in [0.717, 1.165) is 34.8 Å². The van der Waals surface area contributed by atoms with Crippen molar-refractivity contribution in [3.63, 3.8) is 0 Å². The third kappa shape index (κ3) is 2.75. The topological polar surface area (TPSA) is 29.9 Å². The number of benzene rings is 1. The summed E-state index contributed by atoms with van der Waals surface area (Å²) in [6.07, 6.45) is 3.14. The van der Waals surface area contributed by atoms with Crippen LogP contribution in [0.2, 0.25) is 0 Å². The maximum absolute atomic E-state index is 4.52. The van der Waals surface area contributed by atoms with Crippen LogP contribution in [0, 0.1) is 13.8 Å². The highest BCUT2D eigenvalue weighted by Gasteiger charge is 2.07. The maximum Gasteiger partial charge on any atom is 0.207 e. The fourth-order valence-corrected chi connectivity index (χ4v) is 2.08. The van der Waals surface area contributed by atoms with Gasteiger partial charge in [0, 0.05) is 22.9 Å². The minimum Gasteiger partial charge on any atom is -0.355 e. The summed E-state index contributed by atoms with van der Waals surface area (Å²) in [4.78, 5) is 4.52. The van der Waals surface area contributed by atoms with Crippen LogP contribution < -0.4 is 5.32 Å². The Kier molecular flexibility index (Phi) is 4.07. The quantitative estimate of drug-likeness (QED) is 0.922. The molecule has 0 unspecified atom stereocenters. The number of nitrogens with one attached hydrogen (secondary N) is 1. The van der Waals surface area contributed by atoms with Gasteiger partial charge in [-0.05, 0) is 44.0 Å². The fraction of sp³-hybridized carbons (Fsp3) is 0.357.